The van der Waals surface area contributed by atoms with Crippen molar-refractivity contribution in [1.82, 2.24) is 5.32 Å². The fourth-order valence-corrected chi connectivity index (χ4v) is 2.57. The van der Waals surface area contributed by atoms with Gasteiger partial charge in [-0.3, -0.25) is 0 Å². The molecule has 0 radical (unpaired) electrons. The van der Waals surface area contributed by atoms with E-state index in [2.05, 4.69) is 17.4 Å². The lowest BCUT2D eigenvalue weighted by molar-refractivity contribution is 0.172. The van der Waals surface area contributed by atoms with Crippen molar-refractivity contribution in [2.75, 3.05) is 27.4 Å². The van der Waals surface area contributed by atoms with Crippen molar-refractivity contribution in [3.8, 4) is 5.75 Å². The molecule has 3 nitrogen and oxygen atoms in total. The first-order valence-electron chi connectivity index (χ1n) is 6.17. The lowest BCUT2D eigenvalue weighted by Gasteiger charge is -2.12. The summed E-state index contributed by atoms with van der Waals surface area (Å²) in [7, 11) is 3.49. The number of para-hydroxylation sites is 1. The van der Waals surface area contributed by atoms with Gasteiger partial charge >= 0.3 is 0 Å². The highest BCUT2D eigenvalue weighted by Crippen LogP contribution is 2.25. The van der Waals surface area contributed by atoms with Gasteiger partial charge in [0, 0.05) is 13.2 Å². The number of benzene rings is 1. The van der Waals surface area contributed by atoms with Crippen LogP contribution in [0.2, 0.25) is 0 Å². The minimum Gasteiger partial charge on any atom is -0.496 e. The molecule has 0 bridgehead atoms. The molecule has 0 aliphatic carbocycles. The van der Waals surface area contributed by atoms with Crippen LogP contribution >= 0.6 is 0 Å². The van der Waals surface area contributed by atoms with E-state index in [9.17, 15) is 0 Å². The summed E-state index contributed by atoms with van der Waals surface area (Å²) < 4.78 is 10.6. The van der Waals surface area contributed by atoms with Crippen LogP contribution in [0.5, 0.6) is 5.75 Å². The van der Waals surface area contributed by atoms with Crippen LogP contribution in [0.15, 0.2) is 24.3 Å². The zero-order valence-electron chi connectivity index (χ0n) is 10.6. The molecule has 1 heterocycles. The first kappa shape index (κ1) is 12.4. The van der Waals surface area contributed by atoms with Gasteiger partial charge in [-0.05, 0) is 36.9 Å². The molecule has 17 heavy (non-hydrogen) atoms. The third-order valence-corrected chi connectivity index (χ3v) is 3.38. The van der Waals surface area contributed by atoms with E-state index < -0.39 is 0 Å². The standard InChI is InChI=1S/C14H21NO2/c1-16-10-13-8-11(9-15-13)7-12-5-3-4-6-14(12)17-2/h3-6,11,13,15H,7-10H2,1-2H3. The summed E-state index contributed by atoms with van der Waals surface area (Å²) >= 11 is 0. The van der Waals surface area contributed by atoms with Gasteiger partial charge in [0.15, 0.2) is 0 Å². The van der Waals surface area contributed by atoms with Crippen LogP contribution < -0.4 is 10.1 Å². The first-order chi connectivity index (χ1) is 8.33. The number of rotatable bonds is 5. The third kappa shape index (κ3) is 3.20. The molecular formula is C14H21NO2. The molecule has 1 aromatic rings. The molecule has 2 unspecified atom stereocenters. The predicted octanol–water partition coefficient (Wildman–Crippen LogP) is 1.86. The Kier molecular flexibility index (Phi) is 4.40. The Morgan fingerprint density at radius 2 is 2.12 bits per heavy atom. The van der Waals surface area contributed by atoms with Crippen LogP contribution in [-0.4, -0.2) is 33.4 Å². The van der Waals surface area contributed by atoms with Crippen molar-refractivity contribution in [3.05, 3.63) is 29.8 Å². The van der Waals surface area contributed by atoms with Crippen LogP contribution in [-0.2, 0) is 11.2 Å². The average Bonchev–Trinajstić information content (AvgIpc) is 2.78. The SMILES string of the molecule is COCC1CC(Cc2ccccc2OC)CN1. The molecular weight excluding hydrogens is 214 g/mol. The number of nitrogens with one attached hydrogen (secondary N) is 1. The highest BCUT2D eigenvalue weighted by atomic mass is 16.5. The summed E-state index contributed by atoms with van der Waals surface area (Å²) in [6.45, 7) is 1.88. The van der Waals surface area contributed by atoms with Crippen LogP contribution in [0.3, 0.4) is 0 Å². The summed E-state index contributed by atoms with van der Waals surface area (Å²) in [5.41, 5.74) is 1.31. The third-order valence-electron chi connectivity index (χ3n) is 3.38. The zero-order chi connectivity index (χ0) is 12.1. The van der Waals surface area contributed by atoms with Crippen LogP contribution in [0, 0.1) is 5.92 Å². The summed E-state index contributed by atoms with van der Waals surface area (Å²) in [5.74, 6) is 1.69. The van der Waals surface area contributed by atoms with E-state index in [-0.39, 0.29) is 0 Å². The highest BCUT2D eigenvalue weighted by Gasteiger charge is 2.24. The second-order valence-corrected chi connectivity index (χ2v) is 4.68. The summed E-state index contributed by atoms with van der Waals surface area (Å²) in [4.78, 5) is 0. The molecule has 1 aliphatic heterocycles. The molecule has 2 atom stereocenters. The minimum atomic E-state index is 0.514. The fourth-order valence-electron chi connectivity index (χ4n) is 2.57. The van der Waals surface area contributed by atoms with Crippen molar-refractivity contribution in [3.63, 3.8) is 0 Å². The number of hydrogen-bond acceptors (Lipinski definition) is 3. The van der Waals surface area contributed by atoms with E-state index in [4.69, 9.17) is 9.47 Å². The molecule has 1 saturated heterocycles. The van der Waals surface area contributed by atoms with Gasteiger partial charge in [0.05, 0.1) is 13.7 Å². The smallest absolute Gasteiger partial charge is 0.122 e. The molecule has 0 amide bonds. The number of ether oxygens (including phenoxy) is 2. The Morgan fingerprint density at radius 3 is 2.88 bits per heavy atom. The summed E-state index contributed by atoms with van der Waals surface area (Å²) in [6, 6.07) is 8.79. The van der Waals surface area contributed by atoms with Gasteiger partial charge in [-0.25, -0.2) is 0 Å². The quantitative estimate of drug-likeness (QED) is 0.845. The molecule has 3 heteroatoms. The monoisotopic (exact) mass is 235 g/mol. The van der Waals surface area contributed by atoms with Crippen molar-refractivity contribution in [2.24, 2.45) is 5.92 Å². The van der Waals surface area contributed by atoms with Gasteiger partial charge in [0.2, 0.25) is 0 Å². The molecule has 1 N–H and O–H groups in total. The molecule has 2 rings (SSSR count). The summed E-state index contributed by atoms with van der Waals surface area (Å²) in [5, 5.41) is 3.50. The fraction of sp³-hybridized carbons (Fsp3) is 0.571. The molecule has 0 saturated carbocycles. The molecule has 1 aromatic carbocycles. The van der Waals surface area contributed by atoms with Crippen LogP contribution in [0.4, 0.5) is 0 Å². The maximum atomic E-state index is 5.38. The maximum Gasteiger partial charge on any atom is 0.122 e. The second kappa shape index (κ2) is 6.03. The lowest BCUT2D eigenvalue weighted by atomic mass is 9.96. The van der Waals surface area contributed by atoms with Gasteiger partial charge in [0.1, 0.15) is 5.75 Å². The predicted molar refractivity (Wildman–Crippen MR) is 68.5 cm³/mol. The van der Waals surface area contributed by atoms with Gasteiger partial charge < -0.3 is 14.8 Å². The average molecular weight is 235 g/mol. The lowest BCUT2D eigenvalue weighted by Crippen LogP contribution is -2.25. The van der Waals surface area contributed by atoms with Crippen molar-refractivity contribution >= 4 is 0 Å². The number of methoxy groups -OCH3 is 2. The molecule has 94 valence electrons. The normalized spacial score (nSPS) is 23.9. The molecule has 0 aromatic heterocycles. The highest BCUT2D eigenvalue weighted by molar-refractivity contribution is 5.33. The zero-order valence-corrected chi connectivity index (χ0v) is 10.6. The first-order valence-corrected chi connectivity index (χ1v) is 6.17. The minimum absolute atomic E-state index is 0.514. The Labute approximate surface area is 103 Å². The van der Waals surface area contributed by atoms with E-state index in [1.165, 1.54) is 12.0 Å². The van der Waals surface area contributed by atoms with E-state index >= 15 is 0 Å². The Morgan fingerprint density at radius 1 is 1.29 bits per heavy atom. The van der Waals surface area contributed by atoms with Gasteiger partial charge in [0.25, 0.3) is 0 Å². The van der Waals surface area contributed by atoms with Gasteiger partial charge in [-0.15, -0.1) is 0 Å². The van der Waals surface area contributed by atoms with E-state index in [0.29, 0.717) is 12.0 Å². The largest absolute Gasteiger partial charge is 0.496 e. The summed E-state index contributed by atoms with van der Waals surface area (Å²) in [6.07, 6.45) is 2.27. The van der Waals surface area contributed by atoms with Crippen molar-refractivity contribution < 1.29 is 9.47 Å². The Hall–Kier alpha value is -1.06. The number of hydrogen-bond donors (Lipinski definition) is 1. The maximum absolute atomic E-state index is 5.38. The second-order valence-electron chi connectivity index (χ2n) is 4.68. The van der Waals surface area contributed by atoms with Crippen molar-refractivity contribution in [2.45, 2.75) is 18.9 Å². The molecule has 1 aliphatic rings. The van der Waals surface area contributed by atoms with Crippen LogP contribution in [0.1, 0.15) is 12.0 Å². The van der Waals surface area contributed by atoms with E-state index in [1.807, 2.05) is 12.1 Å². The van der Waals surface area contributed by atoms with Gasteiger partial charge in [-0.2, -0.15) is 0 Å². The van der Waals surface area contributed by atoms with Crippen molar-refractivity contribution in [1.29, 1.82) is 0 Å². The van der Waals surface area contributed by atoms with E-state index in [1.54, 1.807) is 14.2 Å². The molecule has 1 fully saturated rings. The van der Waals surface area contributed by atoms with Gasteiger partial charge in [-0.1, -0.05) is 18.2 Å². The topological polar surface area (TPSA) is 30.5 Å². The van der Waals surface area contributed by atoms with Crippen LogP contribution in [0.25, 0.3) is 0 Å². The molecule has 0 spiro atoms. The Bertz CT molecular complexity index is 354. The Balaban J connectivity index is 1.93. The van der Waals surface area contributed by atoms with E-state index in [0.717, 1.165) is 25.3 Å².